The number of rotatable bonds is 5. The van der Waals surface area contributed by atoms with Crippen LogP contribution in [-0.4, -0.2) is 52.1 Å². The average Bonchev–Trinajstić information content (AvgIpc) is 3.20. The lowest BCUT2D eigenvalue weighted by atomic mass is 10.1. The number of hydrogen-bond acceptors (Lipinski definition) is 6. The predicted molar refractivity (Wildman–Crippen MR) is 138 cm³/mol. The fourth-order valence-corrected chi connectivity index (χ4v) is 4.80. The maximum Gasteiger partial charge on any atom is 0.416 e. The van der Waals surface area contributed by atoms with E-state index >= 15 is 0 Å². The first-order valence-corrected chi connectivity index (χ1v) is 13.0. The smallest absolute Gasteiger partial charge is 0.354 e. The Balaban J connectivity index is 1.46. The molecule has 41 heavy (non-hydrogen) atoms. The van der Waals surface area contributed by atoms with E-state index in [1.54, 1.807) is 4.90 Å². The van der Waals surface area contributed by atoms with E-state index in [1.165, 1.54) is 12.1 Å². The molecule has 0 saturated carbocycles. The molecule has 1 amide bonds. The maximum atomic E-state index is 13.4. The van der Waals surface area contributed by atoms with Gasteiger partial charge in [-0.25, -0.2) is 4.98 Å². The first-order chi connectivity index (χ1) is 19.5. The molecule has 5 rings (SSSR count). The van der Waals surface area contributed by atoms with Crippen molar-refractivity contribution in [2.45, 2.75) is 38.5 Å². The quantitative estimate of drug-likeness (QED) is 0.248. The number of carbonyl (C=O) groups is 1. The van der Waals surface area contributed by atoms with Gasteiger partial charge in [0.05, 0.1) is 11.1 Å². The summed E-state index contributed by atoms with van der Waals surface area (Å²) in [5, 5.41) is 4.43. The number of amides is 1. The second-order valence-corrected chi connectivity index (χ2v) is 9.71. The standard InChI is InChI=1S/C28H25F6N5O2/c1-2-5-21-35-24(22-23(37-41-25(22)36-21)18-6-3-7-20(16-18)28(32,33)34)38-12-4-13-39(15-14-38)26(40)17-8-10-19(11-9-17)27(29,30)31/h3,6-11,16H,2,4-5,12-15H2,1H3. The summed E-state index contributed by atoms with van der Waals surface area (Å²) in [6, 6.07) is 8.85. The minimum Gasteiger partial charge on any atom is -0.354 e. The van der Waals surface area contributed by atoms with Crippen molar-refractivity contribution in [1.82, 2.24) is 20.0 Å². The van der Waals surface area contributed by atoms with E-state index in [1.807, 2.05) is 11.8 Å². The van der Waals surface area contributed by atoms with Crippen molar-refractivity contribution in [3.63, 3.8) is 0 Å². The van der Waals surface area contributed by atoms with Crippen LogP contribution in [0.3, 0.4) is 0 Å². The molecule has 0 radical (unpaired) electrons. The Kier molecular flexibility index (Phi) is 7.62. The molecule has 0 N–H and O–H groups in total. The van der Waals surface area contributed by atoms with Gasteiger partial charge in [0, 0.05) is 43.7 Å². The van der Waals surface area contributed by atoms with Crippen LogP contribution in [0.5, 0.6) is 0 Å². The van der Waals surface area contributed by atoms with Crippen molar-refractivity contribution in [1.29, 1.82) is 0 Å². The normalized spacial score (nSPS) is 14.9. The molecule has 1 saturated heterocycles. The van der Waals surface area contributed by atoms with Gasteiger partial charge in [-0.05, 0) is 49.2 Å². The molecule has 1 fully saturated rings. The fraction of sp³-hybridized carbons (Fsp3) is 0.357. The SMILES string of the molecule is CCCc1nc(N2CCCN(C(=O)c3ccc(C(F)(F)F)cc3)CC2)c2c(-c3cccc(C(F)(F)F)c3)noc2n1. The largest absolute Gasteiger partial charge is 0.416 e. The molecular formula is C28H25F6N5O2. The number of carbonyl (C=O) groups excluding carboxylic acids is 1. The summed E-state index contributed by atoms with van der Waals surface area (Å²) in [5.41, 5.74) is -1.01. The van der Waals surface area contributed by atoms with Crippen LogP contribution in [0.25, 0.3) is 22.4 Å². The van der Waals surface area contributed by atoms with E-state index in [9.17, 15) is 31.1 Å². The molecule has 1 aliphatic rings. The first kappa shape index (κ1) is 28.4. The van der Waals surface area contributed by atoms with Crippen molar-refractivity contribution in [3.8, 4) is 11.3 Å². The van der Waals surface area contributed by atoms with Crippen LogP contribution in [0.15, 0.2) is 53.1 Å². The number of halogens is 6. The summed E-state index contributed by atoms with van der Waals surface area (Å²) < 4.78 is 84.5. The van der Waals surface area contributed by atoms with Gasteiger partial charge in [-0.1, -0.05) is 24.2 Å². The zero-order valence-electron chi connectivity index (χ0n) is 21.9. The molecule has 3 heterocycles. The second-order valence-electron chi connectivity index (χ2n) is 9.71. The number of alkyl halides is 6. The average molecular weight is 578 g/mol. The van der Waals surface area contributed by atoms with E-state index in [0.717, 1.165) is 42.8 Å². The van der Waals surface area contributed by atoms with Gasteiger partial charge < -0.3 is 14.3 Å². The molecule has 0 spiro atoms. The zero-order chi connectivity index (χ0) is 29.4. The molecule has 2 aromatic heterocycles. The molecule has 0 aliphatic carbocycles. The third-order valence-corrected chi connectivity index (χ3v) is 6.84. The van der Waals surface area contributed by atoms with Crippen LogP contribution in [0.2, 0.25) is 0 Å². The summed E-state index contributed by atoms with van der Waals surface area (Å²) >= 11 is 0. The van der Waals surface area contributed by atoms with Gasteiger partial charge in [-0.3, -0.25) is 4.79 Å². The lowest BCUT2D eigenvalue weighted by molar-refractivity contribution is -0.138. The van der Waals surface area contributed by atoms with Gasteiger partial charge in [0.1, 0.15) is 22.7 Å². The van der Waals surface area contributed by atoms with Gasteiger partial charge in [-0.15, -0.1) is 0 Å². The van der Waals surface area contributed by atoms with E-state index in [-0.39, 0.29) is 29.1 Å². The van der Waals surface area contributed by atoms with Gasteiger partial charge in [0.15, 0.2) is 0 Å². The molecule has 2 aromatic carbocycles. The monoisotopic (exact) mass is 577 g/mol. The highest BCUT2D eigenvalue weighted by atomic mass is 19.4. The lowest BCUT2D eigenvalue weighted by Crippen LogP contribution is -2.35. The van der Waals surface area contributed by atoms with Crippen LogP contribution in [-0.2, 0) is 18.8 Å². The molecular weight excluding hydrogens is 552 g/mol. The molecule has 7 nitrogen and oxygen atoms in total. The second kappa shape index (κ2) is 11.0. The van der Waals surface area contributed by atoms with Crippen molar-refractivity contribution in [3.05, 3.63) is 71.0 Å². The lowest BCUT2D eigenvalue weighted by Gasteiger charge is -2.24. The van der Waals surface area contributed by atoms with Crippen molar-refractivity contribution in [2.24, 2.45) is 0 Å². The minimum atomic E-state index is -4.54. The van der Waals surface area contributed by atoms with E-state index < -0.39 is 29.4 Å². The van der Waals surface area contributed by atoms with Crippen LogP contribution in [0.4, 0.5) is 32.2 Å². The number of benzene rings is 2. The van der Waals surface area contributed by atoms with Crippen LogP contribution in [0, 0.1) is 0 Å². The summed E-state index contributed by atoms with van der Waals surface area (Å²) in [6.45, 7) is 3.34. The molecule has 1 aliphatic heterocycles. The van der Waals surface area contributed by atoms with Crippen LogP contribution in [0.1, 0.15) is 47.1 Å². The third-order valence-electron chi connectivity index (χ3n) is 6.84. The third kappa shape index (κ3) is 5.98. The summed E-state index contributed by atoms with van der Waals surface area (Å²) in [6.07, 6.45) is -7.24. The highest BCUT2D eigenvalue weighted by Gasteiger charge is 2.33. The predicted octanol–water partition coefficient (Wildman–Crippen LogP) is 6.63. The van der Waals surface area contributed by atoms with Crippen molar-refractivity contribution < 1.29 is 35.7 Å². The Labute approximate surface area is 230 Å². The number of aromatic nitrogens is 3. The van der Waals surface area contributed by atoms with Crippen molar-refractivity contribution >= 4 is 22.8 Å². The molecule has 0 bridgehead atoms. The van der Waals surface area contributed by atoms with Gasteiger partial charge >= 0.3 is 12.4 Å². The van der Waals surface area contributed by atoms with E-state index in [4.69, 9.17) is 9.51 Å². The van der Waals surface area contributed by atoms with E-state index in [0.29, 0.717) is 49.5 Å². The van der Waals surface area contributed by atoms with Gasteiger partial charge in [-0.2, -0.15) is 31.3 Å². The number of hydrogen-bond donors (Lipinski definition) is 0. The minimum absolute atomic E-state index is 0.145. The number of anilines is 1. The van der Waals surface area contributed by atoms with Gasteiger partial charge in [0.25, 0.3) is 11.6 Å². The highest BCUT2D eigenvalue weighted by Crippen LogP contribution is 2.37. The summed E-state index contributed by atoms with van der Waals surface area (Å²) in [7, 11) is 0. The van der Waals surface area contributed by atoms with E-state index in [2.05, 4.69) is 10.1 Å². The first-order valence-electron chi connectivity index (χ1n) is 13.0. The maximum absolute atomic E-state index is 13.4. The Morgan fingerprint density at radius 1 is 0.902 bits per heavy atom. The summed E-state index contributed by atoms with van der Waals surface area (Å²) in [4.78, 5) is 25.7. The highest BCUT2D eigenvalue weighted by molar-refractivity contribution is 5.98. The number of aryl methyl sites for hydroxylation is 1. The molecule has 0 atom stereocenters. The Bertz CT molecular complexity index is 1550. The van der Waals surface area contributed by atoms with Crippen LogP contribution < -0.4 is 4.90 Å². The Morgan fingerprint density at radius 3 is 2.32 bits per heavy atom. The molecule has 216 valence electrons. The molecule has 0 unspecified atom stereocenters. The van der Waals surface area contributed by atoms with Gasteiger partial charge in [0.2, 0.25) is 0 Å². The Morgan fingerprint density at radius 2 is 1.63 bits per heavy atom. The molecule has 4 aromatic rings. The number of fused-ring (bicyclic) bond motifs is 1. The fourth-order valence-electron chi connectivity index (χ4n) is 4.80. The topological polar surface area (TPSA) is 75.4 Å². The zero-order valence-corrected chi connectivity index (χ0v) is 21.9. The Hall–Kier alpha value is -4.16. The summed E-state index contributed by atoms with van der Waals surface area (Å²) in [5.74, 6) is 0.536. The van der Waals surface area contributed by atoms with Crippen LogP contribution >= 0.6 is 0 Å². The van der Waals surface area contributed by atoms with Crippen molar-refractivity contribution in [2.75, 3.05) is 31.1 Å². The molecule has 13 heteroatoms. The number of nitrogens with zero attached hydrogens (tertiary/aromatic N) is 5.